The van der Waals surface area contributed by atoms with Crippen molar-refractivity contribution in [1.82, 2.24) is 9.47 Å². The lowest BCUT2D eigenvalue weighted by Gasteiger charge is -2.28. The minimum Gasteiger partial charge on any atom is -0.389 e. The van der Waals surface area contributed by atoms with Crippen molar-refractivity contribution in [2.24, 2.45) is 0 Å². The van der Waals surface area contributed by atoms with Crippen LogP contribution in [0.15, 0.2) is 41.3 Å². The van der Waals surface area contributed by atoms with Crippen molar-refractivity contribution < 1.29 is 9.90 Å². The average Bonchev–Trinajstić information content (AvgIpc) is 2.44. The molecule has 5 heteroatoms. The Bertz CT molecular complexity index is 743. The van der Waals surface area contributed by atoms with Gasteiger partial charge in [-0.3, -0.25) is 9.59 Å². The SMILES string of the molecule is CC(C(=O)N(C)CC(C)(C)O)n1ccc2ccccc2c1=O. The van der Waals surface area contributed by atoms with Crippen molar-refractivity contribution in [3.8, 4) is 0 Å². The van der Waals surface area contributed by atoms with Crippen molar-refractivity contribution in [3.63, 3.8) is 0 Å². The van der Waals surface area contributed by atoms with Gasteiger partial charge in [-0.2, -0.15) is 0 Å². The quantitative estimate of drug-likeness (QED) is 0.936. The van der Waals surface area contributed by atoms with Crippen molar-refractivity contribution in [3.05, 3.63) is 46.9 Å². The molecule has 0 spiro atoms. The van der Waals surface area contributed by atoms with Gasteiger partial charge in [-0.15, -0.1) is 0 Å². The summed E-state index contributed by atoms with van der Waals surface area (Å²) < 4.78 is 1.44. The lowest BCUT2D eigenvalue weighted by Crippen LogP contribution is -2.43. The summed E-state index contributed by atoms with van der Waals surface area (Å²) in [6, 6.07) is 8.51. The Labute approximate surface area is 129 Å². The summed E-state index contributed by atoms with van der Waals surface area (Å²) in [6.45, 7) is 5.19. The largest absolute Gasteiger partial charge is 0.389 e. The Hall–Kier alpha value is -2.14. The summed E-state index contributed by atoms with van der Waals surface area (Å²) in [4.78, 5) is 26.4. The molecule has 0 radical (unpaired) electrons. The molecule has 1 aromatic carbocycles. The molecule has 0 saturated carbocycles. The second kappa shape index (κ2) is 5.93. The number of likely N-dealkylation sites (N-methyl/N-ethyl adjacent to an activating group) is 1. The summed E-state index contributed by atoms with van der Waals surface area (Å²) in [5, 5.41) is 11.3. The summed E-state index contributed by atoms with van der Waals surface area (Å²) >= 11 is 0. The standard InChI is InChI=1S/C17H22N2O3/c1-12(15(20)18(4)11-17(2,3)22)19-10-9-13-7-5-6-8-14(13)16(19)21/h5-10,12,22H,11H2,1-4H3. The smallest absolute Gasteiger partial charge is 0.259 e. The van der Waals surface area contributed by atoms with Crippen molar-refractivity contribution in [2.45, 2.75) is 32.4 Å². The molecule has 22 heavy (non-hydrogen) atoms. The zero-order chi connectivity index (χ0) is 16.5. The highest BCUT2D eigenvalue weighted by molar-refractivity contribution is 5.83. The molecule has 1 heterocycles. The van der Waals surface area contributed by atoms with E-state index in [1.165, 1.54) is 9.47 Å². The average molecular weight is 302 g/mol. The fourth-order valence-electron chi connectivity index (χ4n) is 2.61. The maximum absolute atomic E-state index is 12.5. The molecule has 2 aromatic rings. The van der Waals surface area contributed by atoms with Gasteiger partial charge >= 0.3 is 0 Å². The lowest BCUT2D eigenvalue weighted by atomic mass is 10.1. The molecule has 0 aliphatic heterocycles. The molecule has 0 fully saturated rings. The zero-order valence-electron chi connectivity index (χ0n) is 13.4. The zero-order valence-corrected chi connectivity index (χ0v) is 13.4. The number of benzene rings is 1. The molecule has 1 amide bonds. The van der Waals surface area contributed by atoms with Gasteiger partial charge in [0.2, 0.25) is 5.91 Å². The Morgan fingerprint density at radius 2 is 1.95 bits per heavy atom. The van der Waals surface area contributed by atoms with Crippen LogP contribution < -0.4 is 5.56 Å². The molecule has 1 atom stereocenters. The molecule has 0 aliphatic rings. The molecule has 0 saturated heterocycles. The molecule has 5 nitrogen and oxygen atoms in total. The van der Waals surface area contributed by atoms with E-state index in [9.17, 15) is 14.7 Å². The highest BCUT2D eigenvalue weighted by Gasteiger charge is 2.24. The lowest BCUT2D eigenvalue weighted by molar-refractivity contribution is -0.135. The van der Waals surface area contributed by atoms with Gasteiger partial charge in [0.25, 0.3) is 5.56 Å². The van der Waals surface area contributed by atoms with Crippen LogP contribution in [0, 0.1) is 0 Å². The second-order valence-corrected chi connectivity index (χ2v) is 6.30. The Morgan fingerprint density at radius 1 is 1.32 bits per heavy atom. The number of carbonyl (C=O) groups is 1. The molecule has 1 unspecified atom stereocenters. The van der Waals surface area contributed by atoms with E-state index in [0.717, 1.165) is 5.39 Å². The molecule has 1 N–H and O–H groups in total. The maximum atomic E-state index is 12.5. The summed E-state index contributed by atoms with van der Waals surface area (Å²) in [7, 11) is 1.63. The van der Waals surface area contributed by atoms with E-state index in [2.05, 4.69) is 0 Å². The predicted molar refractivity (Wildman–Crippen MR) is 86.9 cm³/mol. The first kappa shape index (κ1) is 16.2. The van der Waals surface area contributed by atoms with Crippen molar-refractivity contribution in [2.75, 3.05) is 13.6 Å². The fourth-order valence-corrected chi connectivity index (χ4v) is 2.61. The third kappa shape index (κ3) is 3.36. The monoisotopic (exact) mass is 302 g/mol. The predicted octanol–water partition coefficient (Wildman–Crippen LogP) is 1.79. The first-order valence-electron chi connectivity index (χ1n) is 7.28. The molecule has 0 bridgehead atoms. The minimum absolute atomic E-state index is 0.185. The number of aromatic nitrogens is 1. The topological polar surface area (TPSA) is 62.5 Å². The number of nitrogens with zero attached hydrogens (tertiary/aromatic N) is 2. The van der Waals surface area contributed by atoms with Crippen LogP contribution in [0.1, 0.15) is 26.8 Å². The van der Waals surface area contributed by atoms with E-state index < -0.39 is 11.6 Å². The molecule has 0 aliphatic carbocycles. The molecule has 1 aromatic heterocycles. The van der Waals surface area contributed by atoms with Gasteiger partial charge in [0.15, 0.2) is 0 Å². The number of carbonyl (C=O) groups excluding carboxylic acids is 1. The Balaban J connectivity index is 2.33. The van der Waals surface area contributed by atoms with E-state index in [1.807, 2.05) is 18.2 Å². The van der Waals surface area contributed by atoms with E-state index in [0.29, 0.717) is 5.39 Å². The molecule has 118 valence electrons. The third-order valence-corrected chi connectivity index (χ3v) is 3.62. The Morgan fingerprint density at radius 3 is 2.59 bits per heavy atom. The van der Waals surface area contributed by atoms with E-state index in [-0.39, 0.29) is 18.0 Å². The van der Waals surface area contributed by atoms with Crippen LogP contribution in [0.25, 0.3) is 10.8 Å². The van der Waals surface area contributed by atoms with Gasteiger partial charge in [0, 0.05) is 25.2 Å². The minimum atomic E-state index is -0.974. The van der Waals surface area contributed by atoms with Crippen LogP contribution in [0.2, 0.25) is 0 Å². The van der Waals surface area contributed by atoms with Crippen molar-refractivity contribution >= 4 is 16.7 Å². The number of fused-ring (bicyclic) bond motifs is 1. The van der Waals surface area contributed by atoms with Gasteiger partial charge < -0.3 is 14.6 Å². The van der Waals surface area contributed by atoms with Gasteiger partial charge in [-0.1, -0.05) is 18.2 Å². The highest BCUT2D eigenvalue weighted by Crippen LogP contribution is 2.14. The van der Waals surface area contributed by atoms with Gasteiger partial charge in [-0.25, -0.2) is 0 Å². The van der Waals surface area contributed by atoms with E-state index in [4.69, 9.17) is 0 Å². The number of pyridine rings is 1. The Kier molecular flexibility index (Phi) is 4.37. The highest BCUT2D eigenvalue weighted by atomic mass is 16.3. The van der Waals surface area contributed by atoms with Crippen LogP contribution >= 0.6 is 0 Å². The summed E-state index contributed by atoms with van der Waals surface area (Å²) in [5.74, 6) is -0.209. The van der Waals surface area contributed by atoms with Crippen LogP contribution in [0.3, 0.4) is 0 Å². The molecular formula is C17H22N2O3. The summed E-state index contributed by atoms with van der Waals surface area (Å²) in [6.07, 6.45) is 1.64. The van der Waals surface area contributed by atoms with Crippen LogP contribution in [-0.4, -0.2) is 39.7 Å². The number of amides is 1. The first-order chi connectivity index (χ1) is 10.2. The van der Waals surface area contributed by atoms with Crippen LogP contribution in [-0.2, 0) is 4.79 Å². The number of aliphatic hydroxyl groups is 1. The number of hydrogen-bond donors (Lipinski definition) is 1. The van der Waals surface area contributed by atoms with Gasteiger partial charge in [-0.05, 0) is 38.3 Å². The van der Waals surface area contributed by atoms with Gasteiger partial charge in [0.1, 0.15) is 6.04 Å². The second-order valence-electron chi connectivity index (χ2n) is 6.30. The third-order valence-electron chi connectivity index (χ3n) is 3.62. The van der Waals surface area contributed by atoms with E-state index in [1.54, 1.807) is 46.1 Å². The van der Waals surface area contributed by atoms with E-state index >= 15 is 0 Å². The van der Waals surface area contributed by atoms with Gasteiger partial charge in [0.05, 0.1) is 5.60 Å². The molecular weight excluding hydrogens is 280 g/mol. The fraction of sp³-hybridized carbons (Fsp3) is 0.412. The maximum Gasteiger partial charge on any atom is 0.259 e. The normalized spacial score (nSPS) is 13.1. The first-order valence-corrected chi connectivity index (χ1v) is 7.28. The van der Waals surface area contributed by atoms with Crippen LogP contribution in [0.4, 0.5) is 0 Å². The molecule has 2 rings (SSSR count). The summed E-state index contributed by atoms with van der Waals surface area (Å²) in [5.41, 5.74) is -1.16. The number of rotatable bonds is 4. The van der Waals surface area contributed by atoms with Crippen molar-refractivity contribution in [1.29, 1.82) is 0 Å². The number of hydrogen-bond acceptors (Lipinski definition) is 3. The van der Waals surface area contributed by atoms with Crippen LogP contribution in [0.5, 0.6) is 0 Å².